The van der Waals surface area contributed by atoms with Gasteiger partial charge in [0.25, 0.3) is 0 Å². The van der Waals surface area contributed by atoms with Crippen LogP contribution in [-0.2, 0) is 6.54 Å². The summed E-state index contributed by atoms with van der Waals surface area (Å²) in [6.45, 7) is 7.26. The van der Waals surface area contributed by atoms with E-state index in [1.807, 2.05) is 0 Å². The van der Waals surface area contributed by atoms with E-state index in [0.29, 0.717) is 0 Å². The Kier molecular flexibility index (Phi) is 3.66. The largest absolute Gasteiger partial charge is 0.370 e. The molecule has 1 saturated heterocycles. The third-order valence-corrected chi connectivity index (χ3v) is 4.58. The summed E-state index contributed by atoms with van der Waals surface area (Å²) in [5.74, 6) is 0.731. The number of piperidine rings is 1. The molecular weight excluding hydrogens is 248 g/mol. The van der Waals surface area contributed by atoms with Crippen molar-refractivity contribution in [1.29, 1.82) is 0 Å². The second kappa shape index (κ2) is 5.44. The maximum atomic E-state index is 6.05. The van der Waals surface area contributed by atoms with Crippen LogP contribution < -0.4 is 5.73 Å². The van der Waals surface area contributed by atoms with Gasteiger partial charge in [0.15, 0.2) is 5.96 Å². The number of aliphatic imine (C=N–C) groups is 1. The van der Waals surface area contributed by atoms with Crippen LogP contribution in [0.2, 0.25) is 0 Å². The number of benzene rings is 1. The van der Waals surface area contributed by atoms with Crippen molar-refractivity contribution in [3.05, 3.63) is 35.9 Å². The fraction of sp³-hybridized carbons (Fsp3) is 0.562. The van der Waals surface area contributed by atoms with Crippen LogP contribution in [0.15, 0.2) is 35.3 Å². The van der Waals surface area contributed by atoms with Crippen molar-refractivity contribution < 1.29 is 0 Å². The smallest absolute Gasteiger partial charge is 0.191 e. The van der Waals surface area contributed by atoms with E-state index in [9.17, 15) is 0 Å². The van der Waals surface area contributed by atoms with Gasteiger partial charge in [-0.25, -0.2) is 0 Å². The van der Waals surface area contributed by atoms with E-state index in [1.165, 1.54) is 24.9 Å². The molecule has 1 aromatic carbocycles. The fourth-order valence-corrected chi connectivity index (χ4v) is 3.67. The zero-order valence-electron chi connectivity index (χ0n) is 12.3. The number of rotatable bonds is 3. The molecule has 2 N–H and O–H groups in total. The Morgan fingerprint density at radius 2 is 2.10 bits per heavy atom. The molecule has 0 radical (unpaired) electrons. The van der Waals surface area contributed by atoms with Crippen LogP contribution in [-0.4, -0.2) is 47.5 Å². The monoisotopic (exact) mass is 272 g/mol. The summed E-state index contributed by atoms with van der Waals surface area (Å²) in [4.78, 5) is 9.36. The highest BCUT2D eigenvalue weighted by Crippen LogP contribution is 2.32. The van der Waals surface area contributed by atoms with Gasteiger partial charge in [-0.1, -0.05) is 30.3 Å². The maximum Gasteiger partial charge on any atom is 0.191 e. The second-order valence-electron chi connectivity index (χ2n) is 5.94. The van der Waals surface area contributed by atoms with Gasteiger partial charge in [0, 0.05) is 19.6 Å². The van der Waals surface area contributed by atoms with Gasteiger partial charge in [0.2, 0.25) is 0 Å². The molecule has 0 saturated carbocycles. The molecule has 2 aliphatic heterocycles. The average Bonchev–Trinajstić information content (AvgIpc) is 2.76. The van der Waals surface area contributed by atoms with Crippen molar-refractivity contribution in [2.24, 2.45) is 10.7 Å². The van der Waals surface area contributed by atoms with Crippen molar-refractivity contribution in [3.8, 4) is 0 Å². The Morgan fingerprint density at radius 1 is 1.30 bits per heavy atom. The van der Waals surface area contributed by atoms with Gasteiger partial charge in [-0.15, -0.1) is 0 Å². The first kappa shape index (κ1) is 13.4. The molecule has 3 rings (SSSR count). The summed E-state index contributed by atoms with van der Waals surface area (Å²) in [6, 6.07) is 10.7. The molecule has 0 aromatic heterocycles. The molecule has 1 aromatic rings. The van der Waals surface area contributed by atoms with Crippen LogP contribution in [0.5, 0.6) is 0 Å². The first-order valence-electron chi connectivity index (χ1n) is 7.57. The highest BCUT2D eigenvalue weighted by molar-refractivity contribution is 5.81. The van der Waals surface area contributed by atoms with E-state index < -0.39 is 0 Å². The highest BCUT2D eigenvalue weighted by Gasteiger charge is 2.44. The molecule has 1 unspecified atom stereocenters. The second-order valence-corrected chi connectivity index (χ2v) is 5.94. The molecule has 108 valence electrons. The molecule has 2 aliphatic rings. The number of guanidine groups is 1. The summed E-state index contributed by atoms with van der Waals surface area (Å²) in [5, 5.41) is 0. The zero-order valence-corrected chi connectivity index (χ0v) is 12.3. The van der Waals surface area contributed by atoms with Crippen LogP contribution in [0.4, 0.5) is 0 Å². The molecule has 0 bridgehead atoms. The number of nitrogens with zero attached hydrogens (tertiary/aromatic N) is 3. The standard InChI is InChI=1S/C16H24N4/c1-2-20-15(17)18-12-16(20)9-6-10-19(13-16)11-14-7-4-3-5-8-14/h3-5,7-8H,2,6,9-13H2,1H3,(H2,17,18). The van der Waals surface area contributed by atoms with Crippen molar-refractivity contribution in [2.75, 3.05) is 26.2 Å². The predicted octanol–water partition coefficient (Wildman–Crippen LogP) is 1.67. The lowest BCUT2D eigenvalue weighted by atomic mass is 9.88. The molecule has 4 heteroatoms. The summed E-state index contributed by atoms with van der Waals surface area (Å²) in [6.07, 6.45) is 2.43. The summed E-state index contributed by atoms with van der Waals surface area (Å²) < 4.78 is 0. The molecule has 2 heterocycles. The molecule has 20 heavy (non-hydrogen) atoms. The Bertz CT molecular complexity index is 485. The van der Waals surface area contributed by atoms with Crippen molar-refractivity contribution >= 4 is 5.96 Å². The van der Waals surface area contributed by atoms with E-state index in [4.69, 9.17) is 5.73 Å². The lowest BCUT2D eigenvalue weighted by Gasteiger charge is -2.46. The lowest BCUT2D eigenvalue weighted by Crippen LogP contribution is -2.60. The van der Waals surface area contributed by atoms with Crippen molar-refractivity contribution in [1.82, 2.24) is 9.80 Å². The van der Waals surface area contributed by atoms with Crippen LogP contribution in [0.1, 0.15) is 25.3 Å². The van der Waals surface area contributed by atoms with E-state index in [1.54, 1.807) is 0 Å². The summed E-state index contributed by atoms with van der Waals surface area (Å²) >= 11 is 0. The number of likely N-dealkylation sites (tertiary alicyclic amines) is 1. The molecular formula is C16H24N4. The van der Waals surface area contributed by atoms with Gasteiger partial charge in [0.05, 0.1) is 12.1 Å². The Balaban J connectivity index is 1.71. The van der Waals surface area contributed by atoms with Gasteiger partial charge >= 0.3 is 0 Å². The van der Waals surface area contributed by atoms with Crippen LogP contribution >= 0.6 is 0 Å². The number of hydrogen-bond acceptors (Lipinski definition) is 4. The van der Waals surface area contributed by atoms with Crippen LogP contribution in [0.3, 0.4) is 0 Å². The third kappa shape index (κ3) is 2.40. The zero-order chi connectivity index (χ0) is 14.0. The molecule has 1 spiro atoms. The summed E-state index contributed by atoms with van der Waals surface area (Å²) in [5.41, 5.74) is 7.58. The van der Waals surface area contributed by atoms with Crippen LogP contribution in [0.25, 0.3) is 0 Å². The van der Waals surface area contributed by atoms with Gasteiger partial charge in [-0.2, -0.15) is 0 Å². The summed E-state index contributed by atoms with van der Waals surface area (Å²) in [7, 11) is 0. The topological polar surface area (TPSA) is 44.9 Å². The predicted molar refractivity (Wildman–Crippen MR) is 82.6 cm³/mol. The molecule has 4 nitrogen and oxygen atoms in total. The van der Waals surface area contributed by atoms with Crippen LogP contribution in [0, 0.1) is 0 Å². The molecule has 1 atom stereocenters. The molecule has 1 fully saturated rings. The normalized spacial score (nSPS) is 27.1. The van der Waals surface area contributed by atoms with Crippen molar-refractivity contribution in [2.45, 2.75) is 31.8 Å². The van der Waals surface area contributed by atoms with Gasteiger partial charge in [-0.05, 0) is 31.9 Å². The van der Waals surface area contributed by atoms with E-state index in [2.05, 4.69) is 52.0 Å². The fourth-order valence-electron chi connectivity index (χ4n) is 3.67. The van der Waals surface area contributed by atoms with Gasteiger partial charge in [-0.3, -0.25) is 9.89 Å². The Labute approximate surface area is 121 Å². The van der Waals surface area contributed by atoms with E-state index >= 15 is 0 Å². The average molecular weight is 272 g/mol. The first-order valence-corrected chi connectivity index (χ1v) is 7.57. The minimum atomic E-state index is 0.145. The minimum Gasteiger partial charge on any atom is -0.370 e. The minimum absolute atomic E-state index is 0.145. The lowest BCUT2D eigenvalue weighted by molar-refractivity contribution is 0.0709. The SMILES string of the molecule is CCN1C(N)=NCC12CCCN(Cc1ccccc1)C2. The Hall–Kier alpha value is -1.55. The number of hydrogen-bond donors (Lipinski definition) is 1. The highest BCUT2D eigenvalue weighted by atomic mass is 15.4. The van der Waals surface area contributed by atoms with E-state index in [0.717, 1.165) is 32.1 Å². The first-order chi connectivity index (χ1) is 9.73. The number of likely N-dealkylation sites (N-methyl/N-ethyl adjacent to an activating group) is 1. The quantitative estimate of drug-likeness (QED) is 0.910. The van der Waals surface area contributed by atoms with Gasteiger partial charge in [0.1, 0.15) is 0 Å². The van der Waals surface area contributed by atoms with E-state index in [-0.39, 0.29) is 5.54 Å². The maximum absolute atomic E-state index is 6.05. The molecule has 0 aliphatic carbocycles. The third-order valence-electron chi connectivity index (χ3n) is 4.58. The molecule has 0 amide bonds. The number of nitrogens with two attached hydrogens (primary N) is 1. The van der Waals surface area contributed by atoms with Gasteiger partial charge < -0.3 is 10.6 Å². The Morgan fingerprint density at radius 3 is 2.85 bits per heavy atom. The van der Waals surface area contributed by atoms with Crippen molar-refractivity contribution in [3.63, 3.8) is 0 Å².